The zero-order valence-electron chi connectivity index (χ0n) is 14.1. The van der Waals surface area contributed by atoms with Crippen LogP contribution in [0.3, 0.4) is 0 Å². The van der Waals surface area contributed by atoms with Crippen molar-refractivity contribution in [1.29, 1.82) is 0 Å². The monoisotopic (exact) mass is 396 g/mol. The van der Waals surface area contributed by atoms with Gasteiger partial charge in [0.05, 0.1) is 16.3 Å². The second kappa shape index (κ2) is 6.95. The fourth-order valence-electron chi connectivity index (χ4n) is 2.99. The van der Waals surface area contributed by atoms with E-state index in [4.69, 9.17) is 12.2 Å². The summed E-state index contributed by atoms with van der Waals surface area (Å²) >= 11 is 8.40. The van der Waals surface area contributed by atoms with Gasteiger partial charge < -0.3 is 4.90 Å². The minimum absolute atomic E-state index is 0.0484. The van der Waals surface area contributed by atoms with Crippen LogP contribution in [0, 0.1) is 0 Å². The van der Waals surface area contributed by atoms with Gasteiger partial charge in [-0.05, 0) is 35.9 Å². The van der Waals surface area contributed by atoms with E-state index in [1.165, 1.54) is 32.9 Å². The molecule has 0 N–H and O–H groups in total. The number of anilines is 2. The predicted molar refractivity (Wildman–Crippen MR) is 115 cm³/mol. The van der Waals surface area contributed by atoms with Crippen molar-refractivity contribution in [2.75, 3.05) is 18.5 Å². The van der Waals surface area contributed by atoms with Gasteiger partial charge >= 0.3 is 0 Å². The average Bonchev–Trinajstić information content (AvgIpc) is 2.90. The lowest BCUT2D eigenvalue weighted by molar-refractivity contribution is -0.121. The number of hydrogen-bond donors (Lipinski definition) is 0. The van der Waals surface area contributed by atoms with Crippen LogP contribution >= 0.6 is 35.7 Å². The van der Waals surface area contributed by atoms with Crippen LogP contribution in [-0.4, -0.2) is 28.7 Å². The van der Waals surface area contributed by atoms with E-state index in [-0.39, 0.29) is 5.91 Å². The number of thiocarbonyl (C=S) groups is 1. The molecule has 3 nitrogen and oxygen atoms in total. The highest BCUT2D eigenvalue weighted by Gasteiger charge is 2.31. The van der Waals surface area contributed by atoms with Crippen LogP contribution in [0.4, 0.5) is 11.4 Å². The number of benzene rings is 2. The van der Waals surface area contributed by atoms with Crippen LogP contribution < -0.4 is 4.90 Å². The summed E-state index contributed by atoms with van der Waals surface area (Å²) in [5.74, 6) is -0.0484. The maximum Gasteiger partial charge on any atom is 0.266 e. The fraction of sp³-hybridized carbons (Fsp3) is 0.100. The van der Waals surface area contributed by atoms with Gasteiger partial charge in [-0.3, -0.25) is 9.69 Å². The van der Waals surface area contributed by atoms with Crippen molar-refractivity contribution in [3.63, 3.8) is 0 Å². The Labute approximate surface area is 166 Å². The molecule has 2 heterocycles. The quantitative estimate of drug-likeness (QED) is 0.398. The van der Waals surface area contributed by atoms with Crippen LogP contribution in [0.1, 0.15) is 5.56 Å². The molecule has 26 heavy (non-hydrogen) atoms. The molecule has 1 fully saturated rings. The zero-order valence-corrected chi connectivity index (χ0v) is 16.6. The number of nitrogens with zero attached hydrogens (tertiary/aromatic N) is 2. The Balaban J connectivity index is 1.66. The molecule has 1 amide bonds. The molecule has 2 aromatic rings. The standard InChI is InChI=1S/C20H16N2OS3/c1-3-10-22-19(23)18(26-20(22)24)12-13-8-9-15-17(11-13)25-16-7-5-4-6-14(16)21(15)2/h3-9,11-12H,1,10H2,2H3/b18-12+. The van der Waals surface area contributed by atoms with Crippen molar-refractivity contribution in [2.24, 2.45) is 0 Å². The van der Waals surface area contributed by atoms with Crippen LogP contribution in [-0.2, 0) is 4.79 Å². The SMILES string of the molecule is C=CCN1C(=O)/C(=C\c2ccc3c(c2)Sc2ccccc2N3C)SC1=S. The second-order valence-corrected chi connectivity index (χ2v) is 8.70. The van der Waals surface area contributed by atoms with Gasteiger partial charge in [-0.25, -0.2) is 0 Å². The first-order valence-corrected chi connectivity index (χ1v) is 10.1. The number of hydrogen-bond acceptors (Lipinski definition) is 5. The van der Waals surface area contributed by atoms with Crippen molar-refractivity contribution in [1.82, 2.24) is 4.90 Å². The number of carbonyl (C=O) groups excluding carboxylic acids is 1. The Morgan fingerprint density at radius 3 is 2.69 bits per heavy atom. The first kappa shape index (κ1) is 17.4. The van der Waals surface area contributed by atoms with Gasteiger partial charge in [0.15, 0.2) is 0 Å². The highest BCUT2D eigenvalue weighted by molar-refractivity contribution is 8.26. The van der Waals surface area contributed by atoms with Crippen LogP contribution in [0.25, 0.3) is 6.08 Å². The molecular weight excluding hydrogens is 380 g/mol. The van der Waals surface area contributed by atoms with Gasteiger partial charge in [-0.2, -0.15) is 0 Å². The molecule has 0 spiro atoms. The number of thioether (sulfide) groups is 1. The topological polar surface area (TPSA) is 23.6 Å². The first-order chi connectivity index (χ1) is 12.6. The van der Waals surface area contributed by atoms with E-state index in [1.54, 1.807) is 22.7 Å². The van der Waals surface area contributed by atoms with E-state index in [2.05, 4.69) is 54.9 Å². The zero-order chi connectivity index (χ0) is 18.3. The summed E-state index contributed by atoms with van der Waals surface area (Å²) in [6, 6.07) is 14.7. The summed E-state index contributed by atoms with van der Waals surface area (Å²) in [5, 5.41) is 0. The summed E-state index contributed by atoms with van der Waals surface area (Å²) in [7, 11) is 2.08. The first-order valence-electron chi connectivity index (χ1n) is 8.09. The minimum Gasteiger partial charge on any atom is -0.343 e. The van der Waals surface area contributed by atoms with E-state index in [1.807, 2.05) is 12.1 Å². The summed E-state index contributed by atoms with van der Waals surface area (Å²) in [5.41, 5.74) is 3.39. The van der Waals surface area contributed by atoms with Gasteiger partial charge in [0.2, 0.25) is 0 Å². The van der Waals surface area contributed by atoms with Crippen LogP contribution in [0.2, 0.25) is 0 Å². The maximum atomic E-state index is 12.5. The fourth-order valence-corrected chi connectivity index (χ4v) is 5.46. The van der Waals surface area contributed by atoms with Crippen molar-refractivity contribution < 1.29 is 4.79 Å². The van der Waals surface area contributed by atoms with Crippen molar-refractivity contribution in [2.45, 2.75) is 9.79 Å². The predicted octanol–water partition coefficient (Wildman–Crippen LogP) is 5.31. The lowest BCUT2D eigenvalue weighted by atomic mass is 10.1. The molecule has 2 aromatic carbocycles. The highest BCUT2D eigenvalue weighted by atomic mass is 32.2. The third kappa shape index (κ3) is 2.98. The molecule has 130 valence electrons. The summed E-state index contributed by atoms with van der Waals surface area (Å²) in [4.78, 5) is 19.4. The number of fused-ring (bicyclic) bond motifs is 2. The number of para-hydroxylation sites is 1. The maximum absolute atomic E-state index is 12.5. The van der Waals surface area contributed by atoms with Gasteiger partial charge in [0.25, 0.3) is 5.91 Å². The molecule has 1 saturated heterocycles. The van der Waals surface area contributed by atoms with Crippen molar-refractivity contribution in [3.8, 4) is 0 Å². The molecule has 0 aromatic heterocycles. The molecule has 0 saturated carbocycles. The summed E-state index contributed by atoms with van der Waals surface area (Å²) < 4.78 is 0.585. The largest absolute Gasteiger partial charge is 0.343 e. The molecule has 0 atom stereocenters. The van der Waals surface area contributed by atoms with E-state index in [9.17, 15) is 4.79 Å². The lowest BCUT2D eigenvalue weighted by Crippen LogP contribution is -2.27. The Morgan fingerprint density at radius 2 is 1.88 bits per heavy atom. The number of carbonyl (C=O) groups is 1. The smallest absolute Gasteiger partial charge is 0.266 e. The van der Waals surface area contributed by atoms with Crippen molar-refractivity contribution in [3.05, 3.63) is 65.6 Å². The average molecular weight is 397 g/mol. The van der Waals surface area contributed by atoms with Gasteiger partial charge in [-0.1, -0.05) is 60.0 Å². The minimum atomic E-state index is -0.0484. The molecule has 2 aliphatic rings. The molecule has 4 rings (SSSR count). The van der Waals surface area contributed by atoms with E-state index in [0.29, 0.717) is 15.8 Å². The Morgan fingerprint density at radius 1 is 1.12 bits per heavy atom. The van der Waals surface area contributed by atoms with Crippen molar-refractivity contribution >= 4 is 63.4 Å². The van der Waals surface area contributed by atoms with Crippen LogP contribution in [0.5, 0.6) is 0 Å². The van der Waals surface area contributed by atoms with Gasteiger partial charge in [0.1, 0.15) is 4.32 Å². The highest BCUT2D eigenvalue weighted by Crippen LogP contribution is 2.47. The molecule has 0 bridgehead atoms. The van der Waals surface area contributed by atoms with E-state index in [0.717, 1.165) is 5.56 Å². The Bertz CT molecular complexity index is 967. The molecule has 0 radical (unpaired) electrons. The van der Waals surface area contributed by atoms with Crippen LogP contribution in [0.15, 0.2) is 69.8 Å². The number of amides is 1. The Kier molecular flexibility index (Phi) is 4.65. The molecule has 2 aliphatic heterocycles. The van der Waals surface area contributed by atoms with E-state index < -0.39 is 0 Å². The lowest BCUT2D eigenvalue weighted by Gasteiger charge is -2.29. The van der Waals surface area contributed by atoms with Gasteiger partial charge in [-0.15, -0.1) is 6.58 Å². The second-order valence-electron chi connectivity index (χ2n) is 5.94. The molecule has 6 heteroatoms. The third-order valence-corrected chi connectivity index (χ3v) is 6.76. The van der Waals surface area contributed by atoms with Gasteiger partial charge in [0, 0.05) is 23.4 Å². The third-order valence-electron chi connectivity index (χ3n) is 4.27. The molecule has 0 aliphatic carbocycles. The summed E-state index contributed by atoms with van der Waals surface area (Å²) in [6.45, 7) is 4.13. The normalized spacial score (nSPS) is 17.5. The molecule has 0 unspecified atom stereocenters. The van der Waals surface area contributed by atoms with E-state index >= 15 is 0 Å². The Hall–Kier alpha value is -2.02. The molecular formula is C20H16N2OS3. The number of rotatable bonds is 3. The summed E-state index contributed by atoms with van der Waals surface area (Å²) in [6.07, 6.45) is 3.61.